The molecule has 3 aliphatic heterocycles. The van der Waals surface area contributed by atoms with Gasteiger partial charge in [-0.15, -0.1) is 0 Å². The molecule has 3 aliphatic rings. The fourth-order valence-electron chi connectivity index (χ4n) is 2.76. The second kappa shape index (κ2) is 4.09. The molecule has 2 unspecified atom stereocenters. The Hall–Kier alpha value is -1.35. The molecule has 1 fully saturated rings. The average Bonchev–Trinajstić information content (AvgIpc) is 2.36. The van der Waals surface area contributed by atoms with Crippen molar-refractivity contribution in [1.82, 2.24) is 4.90 Å². The average molecular weight is 263 g/mol. The molecular weight excluding hydrogens is 248 g/mol. The summed E-state index contributed by atoms with van der Waals surface area (Å²) in [4.78, 5) is 18.6. The molecule has 2 bridgehead atoms. The van der Waals surface area contributed by atoms with Crippen molar-refractivity contribution >= 4 is 22.7 Å². The first-order valence-corrected chi connectivity index (χ1v) is 6.58. The molecule has 94 valence electrons. The predicted molar refractivity (Wildman–Crippen MR) is 71.7 cm³/mol. The van der Waals surface area contributed by atoms with E-state index in [9.17, 15) is 4.79 Å². The van der Waals surface area contributed by atoms with Crippen LogP contribution in [0.4, 0.5) is 0 Å². The van der Waals surface area contributed by atoms with Crippen LogP contribution in [0.5, 0.6) is 0 Å². The van der Waals surface area contributed by atoms with E-state index in [0.717, 1.165) is 18.4 Å². The van der Waals surface area contributed by atoms with Crippen molar-refractivity contribution in [2.24, 2.45) is 4.99 Å². The number of hydrogen-bond acceptors (Lipinski definition) is 2. The maximum atomic E-state index is 12.4. The van der Waals surface area contributed by atoms with Crippen molar-refractivity contribution < 1.29 is 4.79 Å². The molecule has 1 amide bonds. The molecule has 4 heteroatoms. The molecule has 3 nitrogen and oxygen atoms in total. The third kappa shape index (κ3) is 1.74. The van der Waals surface area contributed by atoms with E-state index >= 15 is 0 Å². The summed E-state index contributed by atoms with van der Waals surface area (Å²) in [6, 6.07) is 9.98. The van der Waals surface area contributed by atoms with Gasteiger partial charge < -0.3 is 4.90 Å². The van der Waals surface area contributed by atoms with Crippen molar-refractivity contribution in [1.29, 1.82) is 0 Å². The lowest BCUT2D eigenvalue weighted by Crippen LogP contribution is -2.61. The van der Waals surface area contributed by atoms with Gasteiger partial charge in [0.05, 0.1) is 6.04 Å². The predicted octanol–water partition coefficient (Wildman–Crippen LogP) is 2.59. The molecule has 0 N–H and O–H groups in total. The van der Waals surface area contributed by atoms with Gasteiger partial charge in [0, 0.05) is 6.54 Å². The number of hydrogen-bond donors (Lipinski definition) is 0. The van der Waals surface area contributed by atoms with Crippen LogP contribution in [0.15, 0.2) is 35.3 Å². The molecule has 1 aromatic carbocycles. The summed E-state index contributed by atoms with van der Waals surface area (Å²) < 4.78 is 0. The minimum Gasteiger partial charge on any atom is -0.327 e. The Labute approximate surface area is 111 Å². The van der Waals surface area contributed by atoms with Crippen LogP contribution in [0.3, 0.4) is 0 Å². The summed E-state index contributed by atoms with van der Waals surface area (Å²) in [7, 11) is 0. The van der Waals surface area contributed by atoms with Gasteiger partial charge in [0.15, 0.2) is 0 Å². The number of halogens is 1. The van der Waals surface area contributed by atoms with Gasteiger partial charge >= 0.3 is 0 Å². The molecule has 3 heterocycles. The number of fused-ring (bicyclic) bond motifs is 2. The highest BCUT2D eigenvalue weighted by Gasteiger charge is 2.49. The Morgan fingerprint density at radius 3 is 2.83 bits per heavy atom. The van der Waals surface area contributed by atoms with E-state index in [0.29, 0.717) is 11.7 Å². The van der Waals surface area contributed by atoms with Gasteiger partial charge in [-0.2, -0.15) is 0 Å². The van der Waals surface area contributed by atoms with E-state index in [1.807, 2.05) is 42.2 Å². The van der Waals surface area contributed by atoms with Crippen molar-refractivity contribution in [3.8, 4) is 0 Å². The summed E-state index contributed by atoms with van der Waals surface area (Å²) in [5.41, 5.74) is 0.493. The Morgan fingerprint density at radius 2 is 2.17 bits per heavy atom. The van der Waals surface area contributed by atoms with Crippen molar-refractivity contribution in [3.63, 3.8) is 0 Å². The Morgan fingerprint density at radius 1 is 1.44 bits per heavy atom. The van der Waals surface area contributed by atoms with E-state index in [1.54, 1.807) is 0 Å². The largest absolute Gasteiger partial charge is 0.327 e. The molecule has 4 rings (SSSR count). The molecule has 18 heavy (non-hydrogen) atoms. The molecule has 0 radical (unpaired) electrons. The summed E-state index contributed by atoms with van der Waals surface area (Å²) in [5, 5.41) is 0.583. The number of carbonyl (C=O) groups excluding carboxylic acids is 1. The van der Waals surface area contributed by atoms with Crippen LogP contribution < -0.4 is 0 Å². The van der Waals surface area contributed by atoms with Crippen LogP contribution in [0, 0.1) is 0 Å². The Bertz CT molecular complexity index is 514. The van der Waals surface area contributed by atoms with E-state index < -0.39 is 5.54 Å². The van der Waals surface area contributed by atoms with Crippen LogP contribution in [-0.4, -0.2) is 27.6 Å². The van der Waals surface area contributed by atoms with Gasteiger partial charge in [-0.3, -0.25) is 9.79 Å². The van der Waals surface area contributed by atoms with Crippen LogP contribution in [-0.2, 0) is 11.3 Å². The zero-order chi connectivity index (χ0) is 12.8. The second-order valence-electron chi connectivity index (χ2n) is 5.18. The third-order valence-corrected chi connectivity index (χ3v) is 4.16. The van der Waals surface area contributed by atoms with Gasteiger partial charge in [-0.25, -0.2) is 0 Å². The quantitative estimate of drug-likeness (QED) is 0.806. The summed E-state index contributed by atoms with van der Waals surface area (Å²) >= 11 is 6.19. The van der Waals surface area contributed by atoms with Crippen molar-refractivity contribution in [3.05, 3.63) is 35.9 Å². The van der Waals surface area contributed by atoms with Crippen LogP contribution in [0.2, 0.25) is 0 Å². The highest BCUT2D eigenvalue weighted by Crippen LogP contribution is 2.37. The minimum atomic E-state index is -0.638. The molecule has 0 aromatic heterocycles. The Kier molecular flexibility index (Phi) is 2.67. The number of amides is 1. The lowest BCUT2D eigenvalue weighted by atomic mass is 9.83. The number of nitrogens with zero attached hydrogens (tertiary/aromatic N) is 2. The summed E-state index contributed by atoms with van der Waals surface area (Å²) in [6.07, 6.45) is 1.72. The van der Waals surface area contributed by atoms with Crippen LogP contribution in [0.25, 0.3) is 0 Å². The third-order valence-electron chi connectivity index (χ3n) is 3.83. The fourth-order valence-corrected chi connectivity index (χ4v) is 3.17. The standard InChI is InChI=1S/C14H15ClN2O/c1-14-8-7-11(12(15)16-14)17(13(14)18)9-10-5-3-2-4-6-10/h2-6,11H,7-9H2,1H3. The van der Waals surface area contributed by atoms with Crippen LogP contribution in [0.1, 0.15) is 25.3 Å². The molecule has 0 spiro atoms. The van der Waals surface area contributed by atoms with Crippen LogP contribution >= 0.6 is 11.6 Å². The monoisotopic (exact) mass is 262 g/mol. The lowest BCUT2D eigenvalue weighted by Gasteiger charge is -2.46. The zero-order valence-electron chi connectivity index (χ0n) is 10.3. The zero-order valence-corrected chi connectivity index (χ0v) is 11.0. The number of carbonyl (C=O) groups is 1. The van der Waals surface area contributed by atoms with Gasteiger partial charge in [-0.05, 0) is 25.3 Å². The minimum absolute atomic E-state index is 0.0267. The van der Waals surface area contributed by atoms with Gasteiger partial charge in [0.25, 0.3) is 5.91 Å². The van der Waals surface area contributed by atoms with E-state index in [-0.39, 0.29) is 11.9 Å². The lowest BCUT2D eigenvalue weighted by molar-refractivity contribution is -0.142. The van der Waals surface area contributed by atoms with Gasteiger partial charge in [0.1, 0.15) is 10.7 Å². The highest BCUT2D eigenvalue weighted by atomic mass is 35.5. The number of rotatable bonds is 2. The molecule has 1 saturated heterocycles. The van der Waals surface area contributed by atoms with Gasteiger partial charge in [0.2, 0.25) is 0 Å². The molecular formula is C14H15ClN2O. The van der Waals surface area contributed by atoms with Crippen molar-refractivity contribution in [2.45, 2.75) is 37.9 Å². The normalized spacial score (nSPS) is 30.6. The first kappa shape index (κ1) is 11.7. The highest BCUT2D eigenvalue weighted by molar-refractivity contribution is 6.67. The van der Waals surface area contributed by atoms with E-state index in [4.69, 9.17) is 11.6 Å². The number of benzene rings is 1. The first-order chi connectivity index (χ1) is 8.60. The summed E-state index contributed by atoms with van der Waals surface area (Å²) in [6.45, 7) is 2.50. The smallest absolute Gasteiger partial charge is 0.251 e. The van der Waals surface area contributed by atoms with Gasteiger partial charge in [-0.1, -0.05) is 41.9 Å². The molecule has 2 atom stereocenters. The van der Waals surface area contributed by atoms with E-state index in [2.05, 4.69) is 4.99 Å². The van der Waals surface area contributed by atoms with E-state index in [1.165, 1.54) is 0 Å². The second-order valence-corrected chi connectivity index (χ2v) is 5.57. The SMILES string of the molecule is CC12CCC(C(Cl)=N1)N(Cc1ccccc1)C2=O. The maximum Gasteiger partial charge on any atom is 0.251 e. The topological polar surface area (TPSA) is 32.7 Å². The molecule has 1 aromatic rings. The number of piperidine rings is 1. The summed E-state index contributed by atoms with van der Waals surface area (Å²) in [5.74, 6) is 0.104. The Balaban J connectivity index is 1.90. The maximum absolute atomic E-state index is 12.4. The molecule has 0 aliphatic carbocycles. The fraction of sp³-hybridized carbons (Fsp3) is 0.429. The molecule has 0 saturated carbocycles. The number of aliphatic imine (C=N–C) groups is 1. The van der Waals surface area contributed by atoms with Crippen molar-refractivity contribution in [2.75, 3.05) is 0 Å². The first-order valence-electron chi connectivity index (χ1n) is 6.20.